The lowest BCUT2D eigenvalue weighted by molar-refractivity contribution is 0.0405. The smallest absolute Gasteiger partial charge is 0.153 e. The molecular weight excluding hydrogens is 322 g/mol. The van der Waals surface area contributed by atoms with Crippen molar-refractivity contribution in [1.29, 1.82) is 0 Å². The van der Waals surface area contributed by atoms with E-state index < -0.39 is 0 Å². The Kier molecular flexibility index (Phi) is 5.06. The van der Waals surface area contributed by atoms with Crippen molar-refractivity contribution in [3.8, 4) is 11.5 Å². The third-order valence-electron chi connectivity index (χ3n) is 4.59. The molecule has 1 aliphatic rings. The van der Waals surface area contributed by atoms with Crippen molar-refractivity contribution in [2.75, 3.05) is 18.0 Å². The van der Waals surface area contributed by atoms with E-state index in [1.54, 1.807) is 0 Å². The molecule has 4 rings (SSSR count). The van der Waals surface area contributed by atoms with Gasteiger partial charge in [-0.3, -0.25) is 0 Å². The zero-order valence-electron chi connectivity index (χ0n) is 14.6. The van der Waals surface area contributed by atoms with Crippen molar-refractivity contribution in [1.82, 2.24) is 0 Å². The molecule has 1 heterocycles. The average molecular weight is 344 g/mol. The van der Waals surface area contributed by atoms with Gasteiger partial charge in [0.25, 0.3) is 0 Å². The van der Waals surface area contributed by atoms with Crippen molar-refractivity contribution in [2.24, 2.45) is 0 Å². The summed E-state index contributed by atoms with van der Waals surface area (Å²) in [6.45, 7) is 1.69. The van der Waals surface area contributed by atoms with Crippen LogP contribution in [0.5, 0.6) is 11.5 Å². The minimum absolute atomic E-state index is 0.0116. The van der Waals surface area contributed by atoms with Crippen molar-refractivity contribution < 1.29 is 9.47 Å². The number of para-hydroxylation sites is 3. The van der Waals surface area contributed by atoms with Gasteiger partial charge in [0.1, 0.15) is 17.6 Å². The third kappa shape index (κ3) is 3.99. The van der Waals surface area contributed by atoms with E-state index in [4.69, 9.17) is 9.47 Å². The number of ether oxygens (including phenoxy) is 2. The highest BCUT2D eigenvalue weighted by molar-refractivity contribution is 5.45. The van der Waals surface area contributed by atoms with Crippen molar-refractivity contribution >= 4 is 5.69 Å². The highest BCUT2D eigenvalue weighted by atomic mass is 16.5. The molecule has 3 aromatic rings. The third-order valence-corrected chi connectivity index (χ3v) is 4.59. The second-order valence-corrected chi connectivity index (χ2v) is 6.42. The maximum absolute atomic E-state index is 6.31. The molecule has 1 aliphatic heterocycles. The quantitative estimate of drug-likeness (QED) is 0.675. The Morgan fingerprint density at radius 3 is 1.96 bits per heavy atom. The normalized spacial score (nSPS) is 19.8. The Hall–Kier alpha value is -2.94. The molecule has 0 amide bonds. The van der Waals surface area contributed by atoms with E-state index in [1.807, 2.05) is 78.9 Å². The summed E-state index contributed by atoms with van der Waals surface area (Å²) in [6.07, 6.45) is 0.854. The lowest BCUT2D eigenvalue weighted by Crippen LogP contribution is -2.52. The van der Waals surface area contributed by atoms with E-state index in [-0.39, 0.29) is 12.2 Å². The van der Waals surface area contributed by atoms with Gasteiger partial charge in [0.15, 0.2) is 6.10 Å². The van der Waals surface area contributed by atoms with Crippen LogP contribution in [0.1, 0.15) is 6.42 Å². The minimum atomic E-state index is -0.0556. The summed E-state index contributed by atoms with van der Waals surface area (Å²) in [4.78, 5) is 2.32. The molecule has 2 atom stereocenters. The van der Waals surface area contributed by atoms with Crippen LogP contribution in [0.15, 0.2) is 84.9 Å². The molecule has 0 bridgehead atoms. The first-order valence-corrected chi connectivity index (χ1v) is 9.03. The van der Waals surface area contributed by atoms with Gasteiger partial charge in [0.05, 0.1) is 6.54 Å². The van der Waals surface area contributed by atoms with Gasteiger partial charge < -0.3 is 14.4 Å². The monoisotopic (exact) mass is 344 g/mol. The fourth-order valence-electron chi connectivity index (χ4n) is 3.29. The lowest BCUT2D eigenvalue weighted by atomic mass is 10.0. The second-order valence-electron chi connectivity index (χ2n) is 6.42. The molecular formula is C23H22NO2. The SMILES string of the molecule is [c]1ccccc1N1CCC(Oc2ccccc2)C(Oc2ccccc2)C1. The Morgan fingerprint density at radius 2 is 1.35 bits per heavy atom. The van der Waals surface area contributed by atoms with Gasteiger partial charge >= 0.3 is 0 Å². The number of hydrogen-bond donors (Lipinski definition) is 0. The predicted molar refractivity (Wildman–Crippen MR) is 104 cm³/mol. The van der Waals surface area contributed by atoms with Gasteiger partial charge in [0.2, 0.25) is 0 Å². The van der Waals surface area contributed by atoms with Crippen LogP contribution >= 0.6 is 0 Å². The molecule has 3 nitrogen and oxygen atoms in total. The van der Waals surface area contributed by atoms with Crippen LogP contribution in [0.2, 0.25) is 0 Å². The van der Waals surface area contributed by atoms with E-state index in [2.05, 4.69) is 17.0 Å². The van der Waals surface area contributed by atoms with E-state index in [9.17, 15) is 0 Å². The van der Waals surface area contributed by atoms with Crippen LogP contribution in [-0.2, 0) is 0 Å². The predicted octanol–water partition coefficient (Wildman–Crippen LogP) is 4.59. The molecule has 0 N–H and O–H groups in total. The van der Waals surface area contributed by atoms with Gasteiger partial charge in [-0.05, 0) is 30.3 Å². The molecule has 1 fully saturated rings. The Balaban J connectivity index is 1.53. The van der Waals surface area contributed by atoms with Crippen molar-refractivity contribution in [3.05, 3.63) is 91.0 Å². The maximum Gasteiger partial charge on any atom is 0.153 e. The van der Waals surface area contributed by atoms with Crippen LogP contribution < -0.4 is 14.4 Å². The molecule has 3 aromatic carbocycles. The van der Waals surface area contributed by atoms with E-state index in [0.717, 1.165) is 36.7 Å². The minimum Gasteiger partial charge on any atom is -0.486 e. The molecule has 0 aromatic heterocycles. The molecule has 1 saturated heterocycles. The summed E-state index contributed by atoms with van der Waals surface area (Å²) in [5.41, 5.74) is 1.10. The topological polar surface area (TPSA) is 21.7 Å². The van der Waals surface area contributed by atoms with Gasteiger partial charge in [-0.2, -0.15) is 0 Å². The molecule has 131 valence electrons. The molecule has 26 heavy (non-hydrogen) atoms. The number of hydrogen-bond acceptors (Lipinski definition) is 3. The first kappa shape index (κ1) is 16.5. The van der Waals surface area contributed by atoms with Gasteiger partial charge in [0, 0.05) is 24.7 Å². The Morgan fingerprint density at radius 1 is 0.731 bits per heavy atom. The summed E-state index contributed by atoms with van der Waals surface area (Å²) in [6, 6.07) is 31.4. The van der Waals surface area contributed by atoms with Crippen molar-refractivity contribution in [2.45, 2.75) is 18.6 Å². The standard InChI is InChI=1S/C23H22NO2/c1-4-10-19(11-5-1)24-17-16-22(25-20-12-6-2-7-13-20)23(18-24)26-21-14-8-3-9-15-21/h1-10,12-15,22-23H,16-18H2. The Labute approximate surface area is 154 Å². The maximum atomic E-state index is 6.31. The van der Waals surface area contributed by atoms with Crippen LogP contribution in [0.4, 0.5) is 5.69 Å². The first-order valence-electron chi connectivity index (χ1n) is 9.03. The molecule has 0 aliphatic carbocycles. The van der Waals surface area contributed by atoms with Gasteiger partial charge in [-0.15, -0.1) is 0 Å². The highest BCUT2D eigenvalue weighted by Crippen LogP contribution is 2.26. The number of nitrogens with zero attached hydrogens (tertiary/aromatic N) is 1. The van der Waals surface area contributed by atoms with Crippen molar-refractivity contribution in [3.63, 3.8) is 0 Å². The summed E-state index contributed by atoms with van der Waals surface area (Å²) < 4.78 is 12.6. The lowest BCUT2D eigenvalue weighted by Gasteiger charge is -2.39. The van der Waals surface area contributed by atoms with Crippen LogP contribution in [-0.4, -0.2) is 25.3 Å². The average Bonchev–Trinajstić information content (AvgIpc) is 2.71. The van der Waals surface area contributed by atoms with E-state index in [1.165, 1.54) is 0 Å². The zero-order valence-corrected chi connectivity index (χ0v) is 14.6. The van der Waals surface area contributed by atoms with Gasteiger partial charge in [-0.25, -0.2) is 0 Å². The fraction of sp³-hybridized carbons (Fsp3) is 0.217. The Bertz CT molecular complexity index is 792. The summed E-state index contributed by atoms with van der Waals surface area (Å²) in [5.74, 6) is 1.76. The summed E-state index contributed by atoms with van der Waals surface area (Å²) >= 11 is 0. The molecule has 0 spiro atoms. The molecule has 3 heteroatoms. The number of anilines is 1. The zero-order chi connectivity index (χ0) is 17.6. The molecule has 2 unspecified atom stereocenters. The summed E-state index contributed by atoms with van der Waals surface area (Å²) in [7, 11) is 0. The van der Waals surface area contributed by atoms with Crippen LogP contribution in [0.3, 0.4) is 0 Å². The largest absolute Gasteiger partial charge is 0.486 e. The van der Waals surface area contributed by atoms with E-state index >= 15 is 0 Å². The summed E-state index contributed by atoms with van der Waals surface area (Å²) in [5, 5.41) is 0. The number of piperidine rings is 1. The number of benzene rings is 3. The van der Waals surface area contributed by atoms with Gasteiger partial charge in [-0.1, -0.05) is 54.6 Å². The molecule has 0 saturated carbocycles. The fourth-order valence-corrected chi connectivity index (χ4v) is 3.29. The number of rotatable bonds is 5. The van der Waals surface area contributed by atoms with Crippen LogP contribution in [0, 0.1) is 6.07 Å². The van der Waals surface area contributed by atoms with E-state index in [0.29, 0.717) is 0 Å². The highest BCUT2D eigenvalue weighted by Gasteiger charge is 2.33. The second kappa shape index (κ2) is 7.96. The van der Waals surface area contributed by atoms with Crippen LogP contribution in [0.25, 0.3) is 0 Å². The molecule has 1 radical (unpaired) electrons. The first-order chi connectivity index (χ1) is 12.9.